The summed E-state index contributed by atoms with van der Waals surface area (Å²) in [6, 6.07) is 11.6. The number of aliphatic imine (C=N–C) groups is 1. The van der Waals surface area contributed by atoms with Crippen LogP contribution in [0.4, 0.5) is 5.82 Å². The van der Waals surface area contributed by atoms with E-state index >= 15 is 0 Å². The van der Waals surface area contributed by atoms with Gasteiger partial charge in [-0.2, -0.15) is 0 Å². The summed E-state index contributed by atoms with van der Waals surface area (Å²) >= 11 is 1.55. The van der Waals surface area contributed by atoms with Crippen molar-refractivity contribution in [1.82, 2.24) is 4.98 Å². The van der Waals surface area contributed by atoms with Crippen molar-refractivity contribution in [2.45, 2.75) is 41.0 Å². The number of pyridine rings is 1. The molecule has 0 atom stereocenters. The van der Waals surface area contributed by atoms with Crippen LogP contribution in [-0.4, -0.2) is 36.1 Å². The summed E-state index contributed by atoms with van der Waals surface area (Å²) in [6.07, 6.45) is 2.60. The molecule has 0 saturated heterocycles. The molecule has 3 aromatic rings. The van der Waals surface area contributed by atoms with Gasteiger partial charge in [0.05, 0.1) is 12.8 Å². The van der Waals surface area contributed by atoms with Gasteiger partial charge in [-0.25, -0.2) is 14.8 Å². The molecule has 0 saturated carbocycles. The molecule has 0 aliphatic rings. The normalized spacial score (nSPS) is 12.5. The first kappa shape index (κ1) is 26.2. The summed E-state index contributed by atoms with van der Waals surface area (Å²) < 4.78 is 5.50. The number of benzene rings is 1. The molecule has 2 aromatic heterocycles. The van der Waals surface area contributed by atoms with Crippen LogP contribution in [0.15, 0.2) is 58.5 Å². The summed E-state index contributed by atoms with van der Waals surface area (Å²) in [6.45, 7) is 10.4. The Hall–Kier alpha value is -3.45. The van der Waals surface area contributed by atoms with E-state index in [0.717, 1.165) is 45.0 Å². The first-order chi connectivity index (χ1) is 16.6. The highest BCUT2D eigenvalue weighted by Gasteiger charge is 2.19. The molecule has 0 unspecified atom stereocenters. The Morgan fingerprint density at radius 3 is 2.57 bits per heavy atom. The van der Waals surface area contributed by atoms with Gasteiger partial charge in [0.25, 0.3) is 0 Å². The number of aromatic carboxylic acids is 1. The molecule has 0 aliphatic carbocycles. The molecule has 0 fully saturated rings. The number of thiophene rings is 1. The highest BCUT2D eigenvalue weighted by molar-refractivity contribution is 7.13. The molecule has 0 amide bonds. The Bertz CT molecular complexity index is 1260. The van der Waals surface area contributed by atoms with Crippen molar-refractivity contribution in [1.29, 1.82) is 0 Å². The van der Waals surface area contributed by atoms with Crippen LogP contribution in [0.5, 0.6) is 5.75 Å². The number of ether oxygens (including phenoxy) is 1. The second kappa shape index (κ2) is 11.3. The van der Waals surface area contributed by atoms with Gasteiger partial charge < -0.3 is 14.7 Å². The highest BCUT2D eigenvalue weighted by Crippen LogP contribution is 2.31. The monoisotopic (exact) mass is 491 g/mol. The van der Waals surface area contributed by atoms with E-state index in [0.29, 0.717) is 17.6 Å². The highest BCUT2D eigenvalue weighted by atomic mass is 32.1. The van der Waals surface area contributed by atoms with Crippen LogP contribution < -0.4 is 9.64 Å². The van der Waals surface area contributed by atoms with E-state index in [2.05, 4.69) is 31.8 Å². The Balaban J connectivity index is 2.08. The molecule has 0 aliphatic heterocycles. The molecule has 35 heavy (non-hydrogen) atoms. The summed E-state index contributed by atoms with van der Waals surface area (Å²) in [5, 5.41) is 11.9. The van der Waals surface area contributed by atoms with Gasteiger partial charge in [-0.15, -0.1) is 11.3 Å². The third-order valence-electron chi connectivity index (χ3n) is 5.66. The zero-order valence-corrected chi connectivity index (χ0v) is 22.2. The van der Waals surface area contributed by atoms with Gasteiger partial charge in [0.2, 0.25) is 0 Å². The Kier molecular flexibility index (Phi) is 8.46. The number of carbonyl (C=O) groups is 1. The largest absolute Gasteiger partial charge is 0.497 e. The van der Waals surface area contributed by atoms with Gasteiger partial charge in [-0.3, -0.25) is 0 Å². The number of allylic oxidation sites excluding steroid dienone is 1. The minimum absolute atomic E-state index is 0.134. The van der Waals surface area contributed by atoms with Crippen molar-refractivity contribution in [3.63, 3.8) is 0 Å². The minimum Gasteiger partial charge on any atom is -0.497 e. The summed E-state index contributed by atoms with van der Waals surface area (Å²) in [7, 11) is 3.45. The lowest BCUT2D eigenvalue weighted by atomic mass is 9.98. The number of amidine groups is 1. The topological polar surface area (TPSA) is 75.0 Å². The quantitative estimate of drug-likeness (QED) is 0.267. The molecule has 0 bridgehead atoms. The number of carboxylic acid groups (broad SMARTS) is 1. The fourth-order valence-electron chi connectivity index (χ4n) is 3.97. The average Bonchev–Trinajstić information content (AvgIpc) is 3.35. The van der Waals surface area contributed by atoms with E-state index in [1.807, 2.05) is 43.5 Å². The number of rotatable bonds is 8. The Morgan fingerprint density at radius 2 is 1.97 bits per heavy atom. The third-order valence-corrected chi connectivity index (χ3v) is 6.58. The molecule has 6 nitrogen and oxygen atoms in total. The maximum Gasteiger partial charge on any atom is 0.339 e. The lowest BCUT2D eigenvalue weighted by molar-refractivity contribution is 0.0697. The minimum atomic E-state index is -1.03. The smallest absolute Gasteiger partial charge is 0.339 e. The molecule has 184 valence electrons. The fourth-order valence-corrected chi connectivity index (χ4v) is 4.68. The van der Waals surface area contributed by atoms with Crippen molar-refractivity contribution in [3.05, 3.63) is 70.2 Å². The van der Waals surface area contributed by atoms with Crippen LogP contribution >= 0.6 is 11.3 Å². The zero-order chi connectivity index (χ0) is 25.7. The Morgan fingerprint density at radius 1 is 1.23 bits per heavy atom. The number of hydrogen-bond donors (Lipinski definition) is 1. The second-order valence-electron chi connectivity index (χ2n) is 9.06. The van der Waals surface area contributed by atoms with Crippen LogP contribution in [0.3, 0.4) is 0 Å². The lowest BCUT2D eigenvalue weighted by Crippen LogP contribution is -2.27. The molecule has 7 heteroatoms. The first-order valence-electron chi connectivity index (χ1n) is 11.5. The van der Waals surface area contributed by atoms with Crippen molar-refractivity contribution < 1.29 is 14.6 Å². The number of aryl methyl sites for hydroxylation is 1. The second-order valence-corrected chi connectivity index (χ2v) is 10.0. The van der Waals surface area contributed by atoms with E-state index in [4.69, 9.17) is 9.73 Å². The zero-order valence-electron chi connectivity index (χ0n) is 21.4. The van der Waals surface area contributed by atoms with Gasteiger partial charge in [-0.05, 0) is 80.0 Å². The van der Waals surface area contributed by atoms with Gasteiger partial charge in [-0.1, -0.05) is 19.9 Å². The molecule has 2 heterocycles. The van der Waals surface area contributed by atoms with Crippen LogP contribution in [-0.2, 0) is 0 Å². The number of aromatic nitrogens is 1. The number of hydrogen-bond acceptors (Lipinski definition) is 5. The van der Waals surface area contributed by atoms with E-state index in [9.17, 15) is 9.90 Å². The maximum atomic E-state index is 12.1. The fraction of sp³-hybridized carbons (Fsp3) is 0.321. The number of anilines is 1. The molecule has 0 radical (unpaired) electrons. The van der Waals surface area contributed by atoms with Crippen LogP contribution in [0.25, 0.3) is 16.1 Å². The molecular weight excluding hydrogens is 458 g/mol. The molecule has 1 N–H and O–H groups in total. The van der Waals surface area contributed by atoms with Crippen molar-refractivity contribution >= 4 is 34.7 Å². The molecule has 3 rings (SSSR count). The number of nitrogens with zero attached hydrogens (tertiary/aromatic N) is 3. The van der Waals surface area contributed by atoms with Crippen molar-refractivity contribution in [3.8, 4) is 16.2 Å². The maximum absolute atomic E-state index is 12.1. The predicted octanol–water partition coefficient (Wildman–Crippen LogP) is 7.16. The van der Waals surface area contributed by atoms with Crippen molar-refractivity contribution in [2.24, 2.45) is 10.9 Å². The molecule has 0 spiro atoms. The van der Waals surface area contributed by atoms with E-state index < -0.39 is 5.97 Å². The Labute approximate surface area is 211 Å². The van der Waals surface area contributed by atoms with Crippen LogP contribution in [0.2, 0.25) is 0 Å². The average molecular weight is 492 g/mol. The van der Waals surface area contributed by atoms with Crippen LogP contribution in [0, 0.1) is 12.8 Å². The first-order valence-corrected chi connectivity index (χ1v) is 12.4. The predicted molar refractivity (Wildman–Crippen MR) is 146 cm³/mol. The standard InChI is InChI=1S/C28H33N3O3S/c1-17(2)11-19(4)26(21-12-18(3)13-23(14-21)34-7)30-20(5)31(6)27-24(28(32)33)15-22(16-29-27)25-9-8-10-35-25/h8-10,12-17H,11H2,1-7H3,(H,32,33)/b26-19+,30-20+. The molecular formula is C28H33N3O3S. The number of carboxylic acids is 1. The van der Waals surface area contributed by atoms with Gasteiger partial charge in [0, 0.05) is 29.2 Å². The third kappa shape index (κ3) is 6.36. The summed E-state index contributed by atoms with van der Waals surface area (Å²) in [5.74, 6) is 1.20. The summed E-state index contributed by atoms with van der Waals surface area (Å²) in [5.41, 5.74) is 4.97. The van der Waals surface area contributed by atoms with Crippen molar-refractivity contribution in [2.75, 3.05) is 19.1 Å². The lowest BCUT2D eigenvalue weighted by Gasteiger charge is -2.21. The van der Waals surface area contributed by atoms with E-state index in [1.54, 1.807) is 42.7 Å². The molecule has 1 aromatic carbocycles. The van der Waals surface area contributed by atoms with E-state index in [-0.39, 0.29) is 5.56 Å². The SMILES string of the molecule is COc1cc(C)cc(C(/N=C(\C)N(C)c2ncc(-c3cccs3)cc2C(=O)O)=C(/C)CC(C)C)c1. The van der Waals surface area contributed by atoms with E-state index in [1.165, 1.54) is 0 Å². The van der Waals surface area contributed by atoms with Crippen LogP contribution in [0.1, 0.15) is 55.6 Å². The number of methoxy groups -OCH3 is 1. The van der Waals surface area contributed by atoms with Gasteiger partial charge in [0.1, 0.15) is 23.0 Å². The van der Waals surface area contributed by atoms with Gasteiger partial charge >= 0.3 is 5.97 Å². The van der Waals surface area contributed by atoms with Gasteiger partial charge in [0.15, 0.2) is 0 Å². The summed E-state index contributed by atoms with van der Waals surface area (Å²) in [4.78, 5) is 24.4.